The molecule has 1 saturated carbocycles. The van der Waals surface area contributed by atoms with Gasteiger partial charge in [-0.3, -0.25) is 4.79 Å². The van der Waals surface area contributed by atoms with Crippen molar-refractivity contribution in [1.82, 2.24) is 10.6 Å². The normalized spacial score (nSPS) is 14.3. The van der Waals surface area contributed by atoms with Crippen molar-refractivity contribution in [3.05, 3.63) is 0 Å². The van der Waals surface area contributed by atoms with E-state index in [2.05, 4.69) is 17.6 Å². The molecule has 1 rings (SSSR count). The van der Waals surface area contributed by atoms with Crippen molar-refractivity contribution in [2.45, 2.75) is 96.4 Å². The number of hydrogen-bond donors (Lipinski definition) is 2. The van der Waals surface area contributed by atoms with Gasteiger partial charge in [0.25, 0.3) is 0 Å². The Balaban J connectivity index is 1.67. The first kappa shape index (κ1) is 18.5. The maximum absolute atomic E-state index is 11.4. The number of carbonyl (C=O) groups excluding carboxylic acids is 1. The van der Waals surface area contributed by atoms with Crippen LogP contribution in [-0.4, -0.2) is 25.0 Å². The first-order chi connectivity index (χ1) is 10.3. The van der Waals surface area contributed by atoms with Crippen LogP contribution in [0.1, 0.15) is 90.4 Å². The summed E-state index contributed by atoms with van der Waals surface area (Å²) in [5.41, 5.74) is 0. The molecular formula is C18H36N2O. The Kier molecular flexibility index (Phi) is 11.5. The Morgan fingerprint density at radius 2 is 1.43 bits per heavy atom. The van der Waals surface area contributed by atoms with E-state index in [1.54, 1.807) is 0 Å². The molecule has 1 aliphatic carbocycles. The molecule has 3 nitrogen and oxygen atoms in total. The average molecular weight is 296 g/mol. The lowest BCUT2D eigenvalue weighted by atomic mass is 10.1. The zero-order valence-corrected chi connectivity index (χ0v) is 14.1. The zero-order chi connectivity index (χ0) is 15.2. The predicted molar refractivity (Wildman–Crippen MR) is 90.5 cm³/mol. The Morgan fingerprint density at radius 1 is 0.857 bits per heavy atom. The van der Waals surface area contributed by atoms with Crippen LogP contribution in [0, 0.1) is 0 Å². The summed E-state index contributed by atoms with van der Waals surface area (Å²) in [5, 5.41) is 6.39. The Labute approximate surface area is 131 Å². The summed E-state index contributed by atoms with van der Waals surface area (Å²) in [7, 11) is 0. The van der Waals surface area contributed by atoms with E-state index < -0.39 is 0 Å². The molecule has 3 heteroatoms. The fraction of sp³-hybridized carbons (Fsp3) is 0.944. The number of hydrogen-bond acceptors (Lipinski definition) is 2. The molecule has 0 heterocycles. The van der Waals surface area contributed by atoms with E-state index in [0.717, 1.165) is 13.1 Å². The molecule has 0 atom stereocenters. The Morgan fingerprint density at radius 3 is 2.00 bits per heavy atom. The van der Waals surface area contributed by atoms with Crippen LogP contribution < -0.4 is 10.6 Å². The molecule has 0 unspecified atom stereocenters. The van der Waals surface area contributed by atoms with Gasteiger partial charge in [0.2, 0.25) is 5.91 Å². The van der Waals surface area contributed by atoms with E-state index in [0.29, 0.717) is 12.5 Å². The number of unbranched alkanes of at least 4 members (excludes halogenated alkanes) is 9. The monoisotopic (exact) mass is 296 g/mol. The summed E-state index contributed by atoms with van der Waals surface area (Å²) < 4.78 is 0. The van der Waals surface area contributed by atoms with Crippen LogP contribution in [0.2, 0.25) is 0 Å². The van der Waals surface area contributed by atoms with Crippen molar-refractivity contribution in [2.24, 2.45) is 0 Å². The highest BCUT2D eigenvalue weighted by molar-refractivity contribution is 5.76. The summed E-state index contributed by atoms with van der Waals surface area (Å²) in [6, 6.07) is 0.500. The zero-order valence-electron chi connectivity index (χ0n) is 14.1. The van der Waals surface area contributed by atoms with E-state index in [1.165, 1.54) is 77.0 Å². The standard InChI is InChI=1S/C18H36N2O/c1-2-3-4-5-6-7-8-9-10-11-15-19-16-14-18(21)20-17-12-13-17/h17,19H,2-16H2,1H3,(H,20,21). The molecular weight excluding hydrogens is 260 g/mol. The van der Waals surface area contributed by atoms with Crippen LogP contribution in [0.5, 0.6) is 0 Å². The molecule has 0 aromatic heterocycles. The van der Waals surface area contributed by atoms with Crippen LogP contribution in [0.25, 0.3) is 0 Å². The molecule has 0 saturated heterocycles. The van der Waals surface area contributed by atoms with Crippen molar-refractivity contribution in [2.75, 3.05) is 13.1 Å². The number of amides is 1. The second-order valence-corrected chi connectivity index (χ2v) is 6.52. The van der Waals surface area contributed by atoms with Crippen LogP contribution in [0.4, 0.5) is 0 Å². The smallest absolute Gasteiger partial charge is 0.221 e. The summed E-state index contributed by atoms with van der Waals surface area (Å²) >= 11 is 0. The molecule has 0 radical (unpaired) electrons. The Hall–Kier alpha value is -0.570. The molecule has 0 aliphatic heterocycles. The fourth-order valence-electron chi connectivity index (χ4n) is 2.59. The van der Waals surface area contributed by atoms with Gasteiger partial charge in [0, 0.05) is 19.0 Å². The number of rotatable bonds is 15. The largest absolute Gasteiger partial charge is 0.353 e. The van der Waals surface area contributed by atoms with Crippen molar-refractivity contribution >= 4 is 5.91 Å². The third kappa shape index (κ3) is 12.9. The molecule has 1 fully saturated rings. The van der Waals surface area contributed by atoms with Crippen LogP contribution >= 0.6 is 0 Å². The fourth-order valence-corrected chi connectivity index (χ4v) is 2.59. The highest BCUT2D eigenvalue weighted by atomic mass is 16.1. The third-order valence-electron chi connectivity index (χ3n) is 4.18. The van der Waals surface area contributed by atoms with E-state index in [4.69, 9.17) is 0 Å². The average Bonchev–Trinajstić information content (AvgIpc) is 3.28. The van der Waals surface area contributed by atoms with Gasteiger partial charge in [-0.25, -0.2) is 0 Å². The Bertz CT molecular complexity index is 252. The first-order valence-electron chi connectivity index (χ1n) is 9.33. The molecule has 0 aromatic carbocycles. The molecule has 124 valence electrons. The van der Waals surface area contributed by atoms with Gasteiger partial charge in [-0.05, 0) is 25.8 Å². The summed E-state index contributed by atoms with van der Waals surface area (Å²) in [5.74, 6) is 0.216. The lowest BCUT2D eigenvalue weighted by Crippen LogP contribution is -2.29. The maximum atomic E-state index is 11.4. The second-order valence-electron chi connectivity index (χ2n) is 6.52. The predicted octanol–water partition coefficient (Wildman–Crippen LogP) is 4.17. The molecule has 0 bridgehead atoms. The summed E-state index contributed by atoms with van der Waals surface area (Å²) in [6.07, 6.45) is 16.8. The van der Waals surface area contributed by atoms with Crippen LogP contribution in [-0.2, 0) is 4.79 Å². The van der Waals surface area contributed by atoms with Gasteiger partial charge in [-0.1, -0.05) is 64.7 Å². The maximum Gasteiger partial charge on any atom is 0.221 e. The van der Waals surface area contributed by atoms with E-state index in [9.17, 15) is 4.79 Å². The summed E-state index contributed by atoms with van der Waals surface area (Å²) in [6.45, 7) is 4.16. The van der Waals surface area contributed by atoms with Crippen LogP contribution in [0.15, 0.2) is 0 Å². The van der Waals surface area contributed by atoms with Crippen molar-refractivity contribution < 1.29 is 4.79 Å². The van der Waals surface area contributed by atoms with Gasteiger partial charge in [-0.15, -0.1) is 0 Å². The quantitative estimate of drug-likeness (QED) is 0.445. The molecule has 1 aliphatic rings. The first-order valence-corrected chi connectivity index (χ1v) is 9.33. The minimum atomic E-state index is 0.216. The van der Waals surface area contributed by atoms with Gasteiger partial charge >= 0.3 is 0 Å². The minimum Gasteiger partial charge on any atom is -0.353 e. The van der Waals surface area contributed by atoms with Crippen molar-refractivity contribution in [3.8, 4) is 0 Å². The van der Waals surface area contributed by atoms with Gasteiger partial charge in [0.15, 0.2) is 0 Å². The molecule has 0 spiro atoms. The van der Waals surface area contributed by atoms with E-state index in [-0.39, 0.29) is 5.91 Å². The minimum absolute atomic E-state index is 0.216. The topological polar surface area (TPSA) is 41.1 Å². The van der Waals surface area contributed by atoms with Gasteiger partial charge in [0.1, 0.15) is 0 Å². The SMILES string of the molecule is CCCCCCCCCCCCNCCC(=O)NC1CC1. The molecule has 21 heavy (non-hydrogen) atoms. The number of nitrogens with one attached hydrogen (secondary N) is 2. The van der Waals surface area contributed by atoms with Crippen LogP contribution in [0.3, 0.4) is 0 Å². The van der Waals surface area contributed by atoms with Crippen molar-refractivity contribution in [3.63, 3.8) is 0 Å². The van der Waals surface area contributed by atoms with Crippen molar-refractivity contribution in [1.29, 1.82) is 0 Å². The van der Waals surface area contributed by atoms with Gasteiger partial charge in [-0.2, -0.15) is 0 Å². The highest BCUT2D eigenvalue weighted by Crippen LogP contribution is 2.18. The third-order valence-corrected chi connectivity index (χ3v) is 4.18. The molecule has 0 aromatic rings. The number of carbonyl (C=O) groups is 1. The highest BCUT2D eigenvalue weighted by Gasteiger charge is 2.22. The van der Waals surface area contributed by atoms with Gasteiger partial charge < -0.3 is 10.6 Å². The molecule has 1 amide bonds. The van der Waals surface area contributed by atoms with Gasteiger partial charge in [0.05, 0.1) is 0 Å². The lowest BCUT2D eigenvalue weighted by Gasteiger charge is -2.06. The lowest BCUT2D eigenvalue weighted by molar-refractivity contribution is -0.121. The second kappa shape index (κ2) is 13.1. The van der Waals surface area contributed by atoms with E-state index in [1.807, 2.05) is 0 Å². The van der Waals surface area contributed by atoms with E-state index >= 15 is 0 Å². The molecule has 2 N–H and O–H groups in total. The summed E-state index contributed by atoms with van der Waals surface area (Å²) in [4.78, 5) is 11.4.